The summed E-state index contributed by atoms with van der Waals surface area (Å²) in [6.45, 7) is 0. The summed E-state index contributed by atoms with van der Waals surface area (Å²) in [4.78, 5) is 0. The molecule has 0 bridgehead atoms. The Labute approximate surface area is 105 Å². The highest BCUT2D eigenvalue weighted by atomic mass is 35.5. The molecule has 2 rings (SSSR count). The lowest BCUT2D eigenvalue weighted by Gasteiger charge is -1.94. The second-order valence-corrected chi connectivity index (χ2v) is 3.81. The predicted molar refractivity (Wildman–Crippen MR) is 70.0 cm³/mol. The summed E-state index contributed by atoms with van der Waals surface area (Å²) >= 11 is 5.77. The molecule has 0 fully saturated rings. The normalized spacial score (nSPS) is 10.4. The Balaban J connectivity index is 2.20. The van der Waals surface area contributed by atoms with E-state index in [9.17, 15) is 0 Å². The van der Waals surface area contributed by atoms with Gasteiger partial charge in [0.2, 0.25) is 0 Å². The van der Waals surface area contributed by atoms with E-state index in [1.807, 2.05) is 18.2 Å². The second kappa shape index (κ2) is 5.29. The summed E-state index contributed by atoms with van der Waals surface area (Å²) in [6.07, 6.45) is 5.31. The number of halogens is 1. The van der Waals surface area contributed by atoms with Crippen molar-refractivity contribution in [2.75, 3.05) is 0 Å². The first kappa shape index (κ1) is 11.4. The molecule has 0 saturated carbocycles. The van der Waals surface area contributed by atoms with Gasteiger partial charge in [-0.2, -0.15) is 10.2 Å². The molecule has 0 spiro atoms. The van der Waals surface area contributed by atoms with E-state index in [0.29, 0.717) is 5.02 Å². The summed E-state index contributed by atoms with van der Waals surface area (Å²) in [7, 11) is 0. The number of rotatable bonds is 2. The smallest absolute Gasteiger partial charge is 0.0869 e. The van der Waals surface area contributed by atoms with Crippen molar-refractivity contribution in [3.8, 4) is 12.3 Å². The molecular weight excluding hydrogens is 232 g/mol. The molecule has 0 saturated heterocycles. The first-order chi connectivity index (χ1) is 8.28. The molecule has 0 aromatic heterocycles. The molecule has 0 amide bonds. The van der Waals surface area contributed by atoms with Gasteiger partial charge < -0.3 is 0 Å². The molecule has 0 aliphatic rings. The SMILES string of the molecule is C#Cc1cccc(N=Nc2ccc(Cl)cc2)c1. The molecule has 2 nitrogen and oxygen atoms in total. The van der Waals surface area contributed by atoms with Gasteiger partial charge in [-0.05, 0) is 42.5 Å². The molecule has 0 aliphatic carbocycles. The average Bonchev–Trinajstić information content (AvgIpc) is 2.38. The van der Waals surface area contributed by atoms with Crippen molar-refractivity contribution in [2.24, 2.45) is 10.2 Å². The van der Waals surface area contributed by atoms with Gasteiger partial charge in [0.05, 0.1) is 11.4 Å². The first-order valence-electron chi connectivity index (χ1n) is 5.02. The van der Waals surface area contributed by atoms with Crippen molar-refractivity contribution in [3.63, 3.8) is 0 Å². The Kier molecular flexibility index (Phi) is 3.54. The topological polar surface area (TPSA) is 24.7 Å². The number of terminal acetylenes is 1. The summed E-state index contributed by atoms with van der Waals surface area (Å²) < 4.78 is 0. The Bertz CT molecular complexity index is 580. The van der Waals surface area contributed by atoms with Crippen molar-refractivity contribution < 1.29 is 0 Å². The van der Waals surface area contributed by atoms with E-state index in [2.05, 4.69) is 16.1 Å². The van der Waals surface area contributed by atoms with Crippen molar-refractivity contribution in [1.82, 2.24) is 0 Å². The lowest BCUT2D eigenvalue weighted by atomic mass is 10.2. The molecule has 0 heterocycles. The molecule has 0 atom stereocenters. The minimum atomic E-state index is 0.679. The maximum atomic E-state index is 5.77. The average molecular weight is 241 g/mol. The van der Waals surface area contributed by atoms with Crippen molar-refractivity contribution >= 4 is 23.0 Å². The summed E-state index contributed by atoms with van der Waals surface area (Å²) in [5.74, 6) is 2.55. The van der Waals surface area contributed by atoms with E-state index in [0.717, 1.165) is 16.9 Å². The second-order valence-electron chi connectivity index (χ2n) is 3.37. The zero-order valence-electron chi connectivity index (χ0n) is 8.97. The third-order valence-corrected chi connectivity index (χ3v) is 2.37. The van der Waals surface area contributed by atoms with Crippen LogP contribution in [0.25, 0.3) is 0 Å². The fourth-order valence-corrected chi connectivity index (χ4v) is 1.41. The number of benzene rings is 2. The molecule has 17 heavy (non-hydrogen) atoms. The van der Waals surface area contributed by atoms with Crippen molar-refractivity contribution in [3.05, 3.63) is 59.1 Å². The zero-order valence-corrected chi connectivity index (χ0v) is 9.72. The van der Waals surface area contributed by atoms with Gasteiger partial charge in [0.25, 0.3) is 0 Å². The van der Waals surface area contributed by atoms with Gasteiger partial charge in [-0.25, -0.2) is 0 Å². The fourth-order valence-electron chi connectivity index (χ4n) is 1.28. The number of azo groups is 1. The van der Waals surface area contributed by atoms with Gasteiger partial charge in [0.15, 0.2) is 0 Å². The van der Waals surface area contributed by atoms with Crippen LogP contribution in [0.4, 0.5) is 11.4 Å². The number of hydrogen-bond acceptors (Lipinski definition) is 2. The van der Waals surface area contributed by atoms with Crippen molar-refractivity contribution in [1.29, 1.82) is 0 Å². The van der Waals surface area contributed by atoms with Crippen LogP contribution in [0.5, 0.6) is 0 Å². The van der Waals surface area contributed by atoms with E-state index in [-0.39, 0.29) is 0 Å². The Hall–Kier alpha value is -2.11. The third-order valence-electron chi connectivity index (χ3n) is 2.12. The van der Waals surface area contributed by atoms with Crippen LogP contribution in [0.1, 0.15) is 5.56 Å². The van der Waals surface area contributed by atoms with E-state index in [4.69, 9.17) is 18.0 Å². The van der Waals surface area contributed by atoms with Gasteiger partial charge in [-0.15, -0.1) is 6.42 Å². The molecule has 0 N–H and O–H groups in total. The van der Waals surface area contributed by atoms with Gasteiger partial charge in [0, 0.05) is 10.6 Å². The lowest BCUT2D eigenvalue weighted by molar-refractivity contribution is 1.23. The molecule has 0 aliphatic heterocycles. The standard InChI is InChI=1S/C14H9ClN2/c1-2-11-4-3-5-14(10-11)17-16-13-8-6-12(15)7-9-13/h1,3-10H. The quantitative estimate of drug-likeness (QED) is 0.535. The van der Waals surface area contributed by atoms with Crippen molar-refractivity contribution in [2.45, 2.75) is 0 Å². The van der Waals surface area contributed by atoms with E-state index in [1.54, 1.807) is 30.3 Å². The Morgan fingerprint density at radius 1 is 0.941 bits per heavy atom. The van der Waals surface area contributed by atoms with Gasteiger partial charge >= 0.3 is 0 Å². The van der Waals surface area contributed by atoms with Crippen LogP contribution in [-0.4, -0.2) is 0 Å². The van der Waals surface area contributed by atoms with E-state index >= 15 is 0 Å². The molecule has 2 aromatic carbocycles. The van der Waals surface area contributed by atoms with Crippen LogP contribution in [0.15, 0.2) is 58.8 Å². The molecule has 82 valence electrons. The Morgan fingerprint density at radius 2 is 1.65 bits per heavy atom. The van der Waals surface area contributed by atoms with Gasteiger partial charge in [0.1, 0.15) is 0 Å². The molecule has 0 unspecified atom stereocenters. The minimum absolute atomic E-state index is 0.679. The van der Waals surface area contributed by atoms with Crippen LogP contribution < -0.4 is 0 Å². The largest absolute Gasteiger partial charge is 0.151 e. The van der Waals surface area contributed by atoms with E-state index in [1.165, 1.54) is 0 Å². The lowest BCUT2D eigenvalue weighted by Crippen LogP contribution is -1.71. The maximum Gasteiger partial charge on any atom is 0.0869 e. The first-order valence-corrected chi connectivity index (χ1v) is 5.40. The third kappa shape index (κ3) is 3.17. The van der Waals surface area contributed by atoms with Crippen LogP contribution in [0.3, 0.4) is 0 Å². The molecule has 3 heteroatoms. The highest BCUT2D eigenvalue weighted by Gasteiger charge is 1.92. The number of hydrogen-bond donors (Lipinski definition) is 0. The summed E-state index contributed by atoms with van der Waals surface area (Å²) in [6, 6.07) is 14.5. The summed E-state index contributed by atoms with van der Waals surface area (Å²) in [5, 5.41) is 8.87. The molecule has 0 radical (unpaired) electrons. The highest BCUT2D eigenvalue weighted by molar-refractivity contribution is 6.30. The summed E-state index contributed by atoms with van der Waals surface area (Å²) in [5.41, 5.74) is 2.27. The van der Waals surface area contributed by atoms with Crippen LogP contribution in [0.2, 0.25) is 5.02 Å². The highest BCUT2D eigenvalue weighted by Crippen LogP contribution is 2.20. The fraction of sp³-hybridized carbons (Fsp3) is 0. The van der Waals surface area contributed by atoms with Crippen LogP contribution in [-0.2, 0) is 0 Å². The van der Waals surface area contributed by atoms with Crippen LogP contribution in [0, 0.1) is 12.3 Å². The van der Waals surface area contributed by atoms with Gasteiger partial charge in [-0.1, -0.05) is 23.6 Å². The monoisotopic (exact) mass is 240 g/mol. The Morgan fingerprint density at radius 3 is 2.35 bits per heavy atom. The molecule has 2 aromatic rings. The zero-order chi connectivity index (χ0) is 12.1. The van der Waals surface area contributed by atoms with Gasteiger partial charge in [-0.3, -0.25) is 0 Å². The van der Waals surface area contributed by atoms with E-state index < -0.39 is 0 Å². The van der Waals surface area contributed by atoms with Crippen LogP contribution >= 0.6 is 11.6 Å². The minimum Gasteiger partial charge on any atom is -0.151 e. The molecular formula is C14H9ClN2. The number of nitrogens with zero attached hydrogens (tertiary/aromatic N) is 2. The maximum absolute atomic E-state index is 5.77. The predicted octanol–water partition coefficient (Wildman–Crippen LogP) is 4.74.